The first kappa shape index (κ1) is 14.0. The molecule has 0 atom stereocenters. The molecule has 0 spiro atoms. The van der Waals surface area contributed by atoms with E-state index in [2.05, 4.69) is 0 Å². The lowest BCUT2D eigenvalue weighted by atomic mass is 9.90. The lowest BCUT2D eigenvalue weighted by molar-refractivity contribution is 0.0535. The van der Waals surface area contributed by atoms with Gasteiger partial charge in [0.2, 0.25) is 6.79 Å². The number of hydrogen-bond acceptors (Lipinski definition) is 6. The van der Waals surface area contributed by atoms with Crippen LogP contribution in [0.4, 0.5) is 0 Å². The lowest BCUT2D eigenvalue weighted by Gasteiger charge is -2.13. The molecule has 0 saturated carbocycles. The van der Waals surface area contributed by atoms with Gasteiger partial charge in [0.05, 0.1) is 5.56 Å². The maximum absolute atomic E-state index is 12.3. The highest BCUT2D eigenvalue weighted by Crippen LogP contribution is 2.48. The molecule has 0 unspecified atom stereocenters. The van der Waals surface area contributed by atoms with E-state index in [-0.39, 0.29) is 24.9 Å². The van der Waals surface area contributed by atoms with Crippen LogP contribution in [0.2, 0.25) is 0 Å². The molecule has 3 aromatic carbocycles. The van der Waals surface area contributed by atoms with Crippen LogP contribution in [-0.2, 0) is 11.3 Å². The van der Waals surface area contributed by atoms with Crippen molar-refractivity contribution in [2.45, 2.75) is 6.61 Å². The van der Waals surface area contributed by atoms with E-state index in [1.54, 1.807) is 6.07 Å². The minimum absolute atomic E-state index is 0.107. The van der Waals surface area contributed by atoms with Gasteiger partial charge in [-0.3, -0.25) is 0 Å². The van der Waals surface area contributed by atoms with Crippen molar-refractivity contribution < 1.29 is 29.2 Å². The molecule has 0 radical (unpaired) electrons. The Bertz CT molecular complexity index is 1070. The Kier molecular flexibility index (Phi) is 2.68. The molecule has 0 aliphatic carbocycles. The smallest absolute Gasteiger partial charge is 0.339 e. The number of esters is 1. The van der Waals surface area contributed by atoms with Crippen molar-refractivity contribution in [2.75, 3.05) is 6.79 Å². The average Bonchev–Trinajstić information content (AvgIpc) is 3.22. The highest BCUT2D eigenvalue weighted by molar-refractivity contribution is 6.13. The van der Waals surface area contributed by atoms with Crippen LogP contribution in [0.25, 0.3) is 21.9 Å². The molecule has 0 saturated heterocycles. The number of fused-ring (bicyclic) bond motifs is 4. The second-order valence-corrected chi connectivity index (χ2v) is 5.96. The molecular formula is C19H12O6. The number of cyclic esters (lactones) is 1. The van der Waals surface area contributed by atoms with Gasteiger partial charge in [0.15, 0.2) is 23.0 Å². The zero-order chi connectivity index (χ0) is 17.1. The number of benzene rings is 3. The normalized spacial score (nSPS) is 14.6. The van der Waals surface area contributed by atoms with Gasteiger partial charge in [-0.2, -0.15) is 0 Å². The molecule has 6 heteroatoms. The average molecular weight is 336 g/mol. The van der Waals surface area contributed by atoms with Gasteiger partial charge in [0.25, 0.3) is 0 Å². The molecule has 5 rings (SSSR count). The Morgan fingerprint density at radius 1 is 0.880 bits per heavy atom. The van der Waals surface area contributed by atoms with Gasteiger partial charge in [0.1, 0.15) is 6.61 Å². The molecule has 2 aliphatic rings. The summed E-state index contributed by atoms with van der Waals surface area (Å²) in [6.07, 6.45) is 0. The number of hydrogen-bond donors (Lipinski definition) is 2. The highest BCUT2D eigenvalue weighted by Gasteiger charge is 2.31. The Morgan fingerprint density at radius 2 is 1.76 bits per heavy atom. The first-order valence-electron chi connectivity index (χ1n) is 7.71. The van der Waals surface area contributed by atoms with Crippen molar-refractivity contribution in [3.05, 3.63) is 47.5 Å². The molecule has 0 bridgehead atoms. The van der Waals surface area contributed by atoms with Crippen molar-refractivity contribution >= 4 is 16.7 Å². The molecule has 2 aliphatic heterocycles. The number of phenolic OH excluding ortho intramolecular Hbond substituents is 2. The van der Waals surface area contributed by atoms with Gasteiger partial charge in [-0.05, 0) is 35.2 Å². The third-order valence-corrected chi connectivity index (χ3v) is 4.55. The van der Waals surface area contributed by atoms with E-state index in [9.17, 15) is 15.0 Å². The molecule has 124 valence electrons. The maximum atomic E-state index is 12.3. The second kappa shape index (κ2) is 4.80. The van der Waals surface area contributed by atoms with Crippen molar-refractivity contribution in [1.82, 2.24) is 0 Å². The van der Waals surface area contributed by atoms with E-state index in [0.717, 1.165) is 16.3 Å². The molecule has 2 heterocycles. The SMILES string of the molecule is O=C1OCc2cc3ccc4c(c3c(-c3ccc(O)c(O)c3)c21)OCO4. The Morgan fingerprint density at radius 3 is 2.60 bits per heavy atom. The van der Waals surface area contributed by atoms with Gasteiger partial charge >= 0.3 is 5.97 Å². The van der Waals surface area contributed by atoms with E-state index in [4.69, 9.17) is 14.2 Å². The van der Waals surface area contributed by atoms with Crippen molar-refractivity contribution in [2.24, 2.45) is 0 Å². The van der Waals surface area contributed by atoms with Gasteiger partial charge in [-0.15, -0.1) is 0 Å². The minimum atomic E-state index is -0.420. The maximum Gasteiger partial charge on any atom is 0.339 e. The van der Waals surface area contributed by atoms with Gasteiger partial charge in [-0.25, -0.2) is 4.79 Å². The molecule has 0 fully saturated rings. The zero-order valence-corrected chi connectivity index (χ0v) is 12.9. The van der Waals surface area contributed by atoms with E-state index in [1.807, 2.05) is 18.2 Å². The molecule has 6 nitrogen and oxygen atoms in total. The number of phenols is 2. The molecule has 0 amide bonds. The summed E-state index contributed by atoms with van der Waals surface area (Å²) in [7, 11) is 0. The summed E-state index contributed by atoms with van der Waals surface area (Å²) in [5.41, 5.74) is 2.41. The standard InChI is InChI=1S/C19H12O6/c20-12-3-1-10(6-13(12)21)15-16-9(2-4-14-18(16)25-8-24-14)5-11-7-23-19(22)17(11)15/h1-6,20-21H,7-8H2. The first-order chi connectivity index (χ1) is 12.1. The monoisotopic (exact) mass is 336 g/mol. The second-order valence-electron chi connectivity index (χ2n) is 5.96. The highest BCUT2D eigenvalue weighted by atomic mass is 16.7. The predicted octanol–water partition coefficient (Wildman–Crippen LogP) is 3.32. The van der Waals surface area contributed by atoms with E-state index < -0.39 is 5.97 Å². The van der Waals surface area contributed by atoms with Crippen LogP contribution >= 0.6 is 0 Å². The zero-order valence-electron chi connectivity index (χ0n) is 12.9. The summed E-state index contributed by atoms with van der Waals surface area (Å²) in [5.74, 6) is 0.244. The van der Waals surface area contributed by atoms with E-state index >= 15 is 0 Å². The Balaban J connectivity index is 1.95. The Labute approximate surface area is 141 Å². The van der Waals surface area contributed by atoms with Crippen LogP contribution < -0.4 is 9.47 Å². The molecular weight excluding hydrogens is 324 g/mol. The van der Waals surface area contributed by atoms with Gasteiger partial charge in [0, 0.05) is 16.5 Å². The van der Waals surface area contributed by atoms with Gasteiger partial charge in [-0.1, -0.05) is 12.1 Å². The minimum Gasteiger partial charge on any atom is -0.504 e. The number of ether oxygens (including phenoxy) is 3. The fraction of sp³-hybridized carbons (Fsp3) is 0.105. The Hall–Kier alpha value is -3.41. The summed E-state index contributed by atoms with van der Waals surface area (Å²) in [6.45, 7) is 0.311. The van der Waals surface area contributed by atoms with E-state index in [0.29, 0.717) is 28.2 Å². The molecule has 0 aromatic heterocycles. The number of carbonyl (C=O) groups is 1. The summed E-state index contributed by atoms with van der Waals surface area (Å²) >= 11 is 0. The van der Waals surface area contributed by atoms with Crippen molar-refractivity contribution in [3.8, 4) is 34.1 Å². The van der Waals surface area contributed by atoms with Gasteiger partial charge < -0.3 is 24.4 Å². The quantitative estimate of drug-likeness (QED) is 0.524. The third kappa shape index (κ3) is 1.88. The summed E-state index contributed by atoms with van der Waals surface area (Å²) in [5, 5.41) is 21.1. The fourth-order valence-electron chi connectivity index (χ4n) is 3.44. The predicted molar refractivity (Wildman–Crippen MR) is 88.0 cm³/mol. The van der Waals surface area contributed by atoms with Crippen molar-refractivity contribution in [1.29, 1.82) is 0 Å². The molecule has 25 heavy (non-hydrogen) atoms. The summed E-state index contributed by atoms with van der Waals surface area (Å²) in [4.78, 5) is 12.3. The first-order valence-corrected chi connectivity index (χ1v) is 7.71. The summed E-state index contributed by atoms with van der Waals surface area (Å²) < 4.78 is 16.3. The van der Waals surface area contributed by atoms with Crippen LogP contribution in [0, 0.1) is 0 Å². The molecule has 3 aromatic rings. The largest absolute Gasteiger partial charge is 0.504 e. The van der Waals surface area contributed by atoms with Crippen LogP contribution in [0.3, 0.4) is 0 Å². The number of aromatic hydroxyl groups is 2. The topological polar surface area (TPSA) is 85.2 Å². The molecule has 2 N–H and O–H groups in total. The number of carbonyl (C=O) groups excluding carboxylic acids is 1. The summed E-state index contributed by atoms with van der Waals surface area (Å²) in [6, 6.07) is 10.1. The van der Waals surface area contributed by atoms with E-state index in [1.165, 1.54) is 12.1 Å². The van der Waals surface area contributed by atoms with Crippen LogP contribution in [-0.4, -0.2) is 23.0 Å². The number of rotatable bonds is 1. The lowest BCUT2D eigenvalue weighted by Crippen LogP contribution is -1.99. The fourth-order valence-corrected chi connectivity index (χ4v) is 3.44. The van der Waals surface area contributed by atoms with Crippen molar-refractivity contribution in [3.63, 3.8) is 0 Å². The van der Waals surface area contributed by atoms with Crippen LogP contribution in [0.1, 0.15) is 15.9 Å². The van der Waals surface area contributed by atoms with Crippen LogP contribution in [0.5, 0.6) is 23.0 Å². The third-order valence-electron chi connectivity index (χ3n) is 4.55. The van der Waals surface area contributed by atoms with Crippen LogP contribution in [0.15, 0.2) is 36.4 Å².